The zero-order chi connectivity index (χ0) is 34.9. The van der Waals surface area contributed by atoms with E-state index >= 15 is 0 Å². The van der Waals surface area contributed by atoms with Gasteiger partial charge in [0.25, 0.3) is 0 Å². The van der Waals surface area contributed by atoms with Crippen LogP contribution in [-0.2, 0) is 32.5 Å². The molecule has 0 radical (unpaired) electrons. The zero-order valence-corrected chi connectivity index (χ0v) is 32.2. The van der Waals surface area contributed by atoms with E-state index < -0.39 is 19.7 Å². The van der Waals surface area contributed by atoms with Crippen LogP contribution in [-0.4, -0.2) is 68.2 Å². The Balaban J connectivity index is 0.000000172. The molecule has 4 aliphatic rings. The first-order valence-electron chi connectivity index (χ1n) is 17.3. The highest BCUT2D eigenvalue weighted by Crippen LogP contribution is 2.42. The van der Waals surface area contributed by atoms with Crippen LogP contribution in [0.15, 0.2) is 105 Å². The minimum Gasteiger partial charge on any atom is -0.367 e. The third-order valence-corrected chi connectivity index (χ3v) is 14.4. The molecule has 4 aromatic carbocycles. The molecule has 0 atom stereocenters. The van der Waals surface area contributed by atoms with Gasteiger partial charge in [-0.25, -0.2) is 16.8 Å². The lowest BCUT2D eigenvalue weighted by molar-refractivity contribution is 0.435. The summed E-state index contributed by atoms with van der Waals surface area (Å²) in [6.07, 6.45) is 6.08. The molecule has 51 heavy (non-hydrogen) atoms. The first-order chi connectivity index (χ1) is 24.1. The van der Waals surface area contributed by atoms with Crippen molar-refractivity contribution < 1.29 is 16.8 Å². The van der Waals surface area contributed by atoms with Crippen molar-refractivity contribution in [2.24, 2.45) is 0 Å². The van der Waals surface area contributed by atoms with Crippen molar-refractivity contribution >= 4 is 66.7 Å². The lowest BCUT2D eigenvalue weighted by Gasteiger charge is -2.34. The van der Waals surface area contributed by atoms with Crippen molar-refractivity contribution in [2.75, 3.05) is 49.1 Å². The number of sulfone groups is 2. The van der Waals surface area contributed by atoms with E-state index in [1.807, 2.05) is 24.3 Å². The largest absolute Gasteiger partial charge is 0.367 e. The normalized spacial score (nSPS) is 18.0. The van der Waals surface area contributed by atoms with Crippen molar-refractivity contribution in [1.82, 2.24) is 10.6 Å². The van der Waals surface area contributed by atoms with Gasteiger partial charge in [0.1, 0.15) is 0 Å². The third-order valence-electron chi connectivity index (χ3n) is 10.3. The van der Waals surface area contributed by atoms with E-state index in [4.69, 9.17) is 23.2 Å². The van der Waals surface area contributed by atoms with Gasteiger partial charge in [0.15, 0.2) is 0 Å². The monoisotopic (exact) mass is 788 g/mol. The summed E-state index contributed by atoms with van der Waals surface area (Å²) in [7, 11) is -7.08. The third kappa shape index (κ3) is 7.79. The molecule has 4 heterocycles. The van der Waals surface area contributed by atoms with E-state index in [1.54, 1.807) is 60.7 Å². The number of anilines is 2. The Kier molecular flexibility index (Phi) is 11.9. The predicted octanol–water partition coefficient (Wildman–Crippen LogP) is 7.00. The molecule has 0 spiro atoms. The van der Waals surface area contributed by atoms with Gasteiger partial charge in [-0.1, -0.05) is 59.6 Å². The van der Waals surface area contributed by atoms with Crippen LogP contribution >= 0.6 is 35.6 Å². The molecule has 0 bridgehead atoms. The van der Waals surface area contributed by atoms with Crippen LogP contribution in [0.3, 0.4) is 0 Å². The number of halogens is 3. The summed E-state index contributed by atoms with van der Waals surface area (Å²) in [6, 6.07) is 24.9. The second-order valence-corrected chi connectivity index (χ2v) is 18.0. The van der Waals surface area contributed by atoms with Crippen molar-refractivity contribution in [3.8, 4) is 0 Å². The molecule has 0 unspecified atom stereocenters. The number of nitrogens with zero attached hydrogens (tertiary/aromatic N) is 2. The second-order valence-electron chi connectivity index (χ2n) is 13.3. The van der Waals surface area contributed by atoms with E-state index in [1.165, 1.54) is 0 Å². The average molecular weight is 790 g/mol. The Hall–Kier alpha value is -2.83. The van der Waals surface area contributed by atoms with E-state index in [0.717, 1.165) is 100 Å². The fourth-order valence-corrected chi connectivity index (χ4v) is 11.3. The summed E-state index contributed by atoms with van der Waals surface area (Å²) in [5.74, 6) is 0. The van der Waals surface area contributed by atoms with Gasteiger partial charge >= 0.3 is 0 Å². The minimum absolute atomic E-state index is 0. The van der Waals surface area contributed by atoms with Crippen molar-refractivity contribution in [2.45, 2.75) is 70.2 Å². The number of hydrogen-bond acceptors (Lipinski definition) is 8. The van der Waals surface area contributed by atoms with E-state index in [9.17, 15) is 16.8 Å². The number of hydrogen-bond donors (Lipinski definition) is 2. The maximum atomic E-state index is 12.9. The van der Waals surface area contributed by atoms with Crippen molar-refractivity contribution in [1.29, 1.82) is 0 Å². The number of nitrogens with one attached hydrogen (secondary N) is 2. The zero-order valence-electron chi connectivity index (χ0n) is 28.2. The van der Waals surface area contributed by atoms with Gasteiger partial charge in [0.2, 0.25) is 19.7 Å². The van der Waals surface area contributed by atoms with Crippen LogP contribution in [0.4, 0.5) is 11.4 Å². The first kappa shape index (κ1) is 37.9. The lowest BCUT2D eigenvalue weighted by Crippen LogP contribution is -2.42. The van der Waals surface area contributed by atoms with Crippen molar-refractivity contribution in [3.05, 3.63) is 106 Å². The molecular weight excluding hydrogens is 747 g/mol. The molecule has 4 aromatic rings. The van der Waals surface area contributed by atoms with E-state index in [0.29, 0.717) is 31.9 Å². The number of piperidine rings is 2. The van der Waals surface area contributed by atoms with Crippen LogP contribution in [0.1, 0.15) is 36.8 Å². The molecule has 8 nitrogen and oxygen atoms in total. The summed E-state index contributed by atoms with van der Waals surface area (Å²) >= 11 is 13.1. The standard InChI is InChI=1S/2C19H21ClN2O2S.ClH/c2*20-18-13-17(25(23,24)16-4-2-1-3-5-16)12-14-8-11-22(19(14)18)15-6-9-21-10-7-15;/h2*1-5,12-13,15,21H,6-11H2;1H. The summed E-state index contributed by atoms with van der Waals surface area (Å²) in [4.78, 5) is 5.93. The molecule has 0 aliphatic carbocycles. The molecule has 0 aromatic heterocycles. The SMILES string of the molecule is Cl.O=S(=O)(c1ccccc1)c1cc(Cl)c2c(c1)CCN2C1CCNCC1.O=S(=O)(c1ccccc1)c1cc(Cl)c2c(c1)CCN2C1CCNCC1. The highest BCUT2D eigenvalue weighted by molar-refractivity contribution is 7.91. The fourth-order valence-electron chi connectivity index (χ4n) is 7.74. The highest BCUT2D eigenvalue weighted by atomic mass is 35.5. The molecule has 2 N–H and O–H groups in total. The fraction of sp³-hybridized carbons (Fsp3) is 0.368. The van der Waals surface area contributed by atoms with Gasteiger partial charge in [0, 0.05) is 25.2 Å². The molecule has 4 aliphatic heterocycles. The van der Waals surface area contributed by atoms with Gasteiger partial charge in [-0.05, 0) is 124 Å². The smallest absolute Gasteiger partial charge is 0.206 e. The maximum Gasteiger partial charge on any atom is 0.206 e. The Morgan fingerprint density at radius 2 is 0.882 bits per heavy atom. The number of benzene rings is 4. The van der Waals surface area contributed by atoms with Gasteiger partial charge in [-0.3, -0.25) is 0 Å². The number of fused-ring (bicyclic) bond motifs is 2. The molecule has 0 saturated carbocycles. The predicted molar refractivity (Wildman–Crippen MR) is 208 cm³/mol. The molecule has 13 heteroatoms. The van der Waals surface area contributed by atoms with Crippen LogP contribution < -0.4 is 20.4 Å². The Bertz CT molecular complexity index is 1910. The molecular formula is C38H43Cl3N4O4S2. The molecule has 2 fully saturated rings. The molecule has 2 saturated heterocycles. The summed E-state index contributed by atoms with van der Waals surface area (Å²) in [5, 5.41) is 7.86. The Labute approximate surface area is 317 Å². The topological polar surface area (TPSA) is 98.8 Å². The molecule has 272 valence electrons. The van der Waals surface area contributed by atoms with Gasteiger partial charge in [-0.2, -0.15) is 0 Å². The molecule has 0 amide bonds. The van der Waals surface area contributed by atoms with Gasteiger partial charge in [0.05, 0.1) is 41.0 Å². The summed E-state index contributed by atoms with van der Waals surface area (Å²) < 4.78 is 51.6. The highest BCUT2D eigenvalue weighted by Gasteiger charge is 2.33. The average Bonchev–Trinajstić information content (AvgIpc) is 3.79. The summed E-state index contributed by atoms with van der Waals surface area (Å²) in [5.41, 5.74) is 4.14. The Morgan fingerprint density at radius 1 is 0.529 bits per heavy atom. The van der Waals surface area contributed by atoms with Gasteiger partial charge < -0.3 is 20.4 Å². The van der Waals surface area contributed by atoms with Crippen LogP contribution in [0.25, 0.3) is 0 Å². The van der Waals surface area contributed by atoms with E-state index in [2.05, 4.69) is 20.4 Å². The summed E-state index contributed by atoms with van der Waals surface area (Å²) in [6.45, 7) is 5.91. The van der Waals surface area contributed by atoms with Crippen LogP contribution in [0.2, 0.25) is 10.0 Å². The van der Waals surface area contributed by atoms with Crippen molar-refractivity contribution in [3.63, 3.8) is 0 Å². The lowest BCUT2D eigenvalue weighted by atomic mass is 10.0. The quantitative estimate of drug-likeness (QED) is 0.216. The second kappa shape index (κ2) is 16.0. The van der Waals surface area contributed by atoms with Gasteiger partial charge in [-0.15, -0.1) is 12.4 Å². The number of rotatable bonds is 6. The Morgan fingerprint density at radius 3 is 1.24 bits per heavy atom. The van der Waals surface area contributed by atoms with Crippen LogP contribution in [0.5, 0.6) is 0 Å². The molecule has 8 rings (SSSR count). The van der Waals surface area contributed by atoms with Crippen LogP contribution in [0, 0.1) is 0 Å². The minimum atomic E-state index is -3.54. The van der Waals surface area contributed by atoms with E-state index in [-0.39, 0.29) is 22.2 Å². The maximum absolute atomic E-state index is 12.9. The first-order valence-corrected chi connectivity index (χ1v) is 21.1.